The molecular formula is C12H18N2O. The van der Waals surface area contributed by atoms with Crippen molar-refractivity contribution in [2.45, 2.75) is 25.6 Å². The van der Waals surface area contributed by atoms with Gasteiger partial charge in [0.1, 0.15) is 0 Å². The molecule has 3 N–H and O–H groups in total. The standard InChI is InChI=1S/C12H18N2O/c1-2-13-8-11(15)12-10-6-4-3-5-9(10)7-14-12/h3-6,11-15H,2,7-8H2,1H3. The molecule has 1 aromatic rings. The minimum atomic E-state index is -0.353. The van der Waals surface area contributed by atoms with Crippen LogP contribution in [-0.2, 0) is 6.54 Å². The van der Waals surface area contributed by atoms with Gasteiger partial charge in [0, 0.05) is 13.1 Å². The fourth-order valence-electron chi connectivity index (χ4n) is 2.08. The van der Waals surface area contributed by atoms with Crippen molar-refractivity contribution in [1.29, 1.82) is 0 Å². The Labute approximate surface area is 90.5 Å². The quantitative estimate of drug-likeness (QED) is 0.683. The first-order chi connectivity index (χ1) is 7.33. The van der Waals surface area contributed by atoms with Crippen molar-refractivity contribution in [3.8, 4) is 0 Å². The van der Waals surface area contributed by atoms with Gasteiger partial charge in [0.2, 0.25) is 0 Å². The zero-order chi connectivity index (χ0) is 10.7. The molecule has 1 aromatic carbocycles. The molecule has 0 radical (unpaired) electrons. The van der Waals surface area contributed by atoms with E-state index >= 15 is 0 Å². The van der Waals surface area contributed by atoms with E-state index in [9.17, 15) is 5.11 Å². The van der Waals surface area contributed by atoms with Gasteiger partial charge >= 0.3 is 0 Å². The van der Waals surface area contributed by atoms with Gasteiger partial charge in [-0.3, -0.25) is 0 Å². The minimum absolute atomic E-state index is 0.0836. The summed E-state index contributed by atoms with van der Waals surface area (Å²) in [5.74, 6) is 0. The molecule has 0 aromatic heterocycles. The van der Waals surface area contributed by atoms with Crippen LogP contribution in [0, 0.1) is 0 Å². The van der Waals surface area contributed by atoms with Crippen LogP contribution in [0.1, 0.15) is 24.1 Å². The molecule has 0 spiro atoms. The minimum Gasteiger partial charge on any atom is -0.390 e. The number of aliphatic hydroxyl groups is 1. The van der Waals surface area contributed by atoms with Crippen molar-refractivity contribution in [3.05, 3.63) is 35.4 Å². The van der Waals surface area contributed by atoms with E-state index in [1.54, 1.807) is 0 Å². The van der Waals surface area contributed by atoms with E-state index in [0.29, 0.717) is 6.54 Å². The van der Waals surface area contributed by atoms with Crippen molar-refractivity contribution in [2.75, 3.05) is 13.1 Å². The summed E-state index contributed by atoms with van der Waals surface area (Å²) in [7, 11) is 0. The van der Waals surface area contributed by atoms with E-state index in [-0.39, 0.29) is 12.1 Å². The first kappa shape index (κ1) is 10.6. The molecule has 15 heavy (non-hydrogen) atoms. The van der Waals surface area contributed by atoms with Crippen molar-refractivity contribution < 1.29 is 5.11 Å². The van der Waals surface area contributed by atoms with Gasteiger partial charge in [-0.2, -0.15) is 0 Å². The summed E-state index contributed by atoms with van der Waals surface area (Å²) in [5.41, 5.74) is 2.54. The van der Waals surface area contributed by atoms with E-state index in [1.165, 1.54) is 11.1 Å². The maximum atomic E-state index is 10.0. The van der Waals surface area contributed by atoms with E-state index < -0.39 is 0 Å². The van der Waals surface area contributed by atoms with Gasteiger partial charge in [0.25, 0.3) is 0 Å². The first-order valence-electron chi connectivity index (χ1n) is 5.53. The van der Waals surface area contributed by atoms with E-state index in [2.05, 4.69) is 22.8 Å². The number of rotatable bonds is 4. The average Bonchev–Trinajstić information content (AvgIpc) is 2.69. The third kappa shape index (κ3) is 2.20. The summed E-state index contributed by atoms with van der Waals surface area (Å²) in [6, 6.07) is 8.36. The summed E-state index contributed by atoms with van der Waals surface area (Å²) < 4.78 is 0. The van der Waals surface area contributed by atoms with Crippen LogP contribution in [-0.4, -0.2) is 24.3 Å². The van der Waals surface area contributed by atoms with Crippen LogP contribution >= 0.6 is 0 Å². The highest BCUT2D eigenvalue weighted by Crippen LogP contribution is 2.27. The van der Waals surface area contributed by atoms with Gasteiger partial charge in [0.15, 0.2) is 0 Å². The Morgan fingerprint density at radius 1 is 1.53 bits per heavy atom. The maximum Gasteiger partial charge on any atom is 0.0859 e. The van der Waals surface area contributed by atoms with Crippen LogP contribution in [0.2, 0.25) is 0 Å². The topological polar surface area (TPSA) is 44.3 Å². The Bertz CT molecular complexity index is 327. The van der Waals surface area contributed by atoms with E-state index in [1.807, 2.05) is 19.1 Å². The molecule has 1 aliphatic rings. The molecule has 1 aliphatic heterocycles. The SMILES string of the molecule is CCNCC(O)C1NCc2ccccc21. The van der Waals surface area contributed by atoms with Crippen molar-refractivity contribution in [3.63, 3.8) is 0 Å². The molecule has 2 rings (SSSR count). The molecule has 2 unspecified atom stereocenters. The fraction of sp³-hybridized carbons (Fsp3) is 0.500. The number of hydrogen-bond acceptors (Lipinski definition) is 3. The van der Waals surface area contributed by atoms with Crippen molar-refractivity contribution in [1.82, 2.24) is 10.6 Å². The largest absolute Gasteiger partial charge is 0.390 e. The smallest absolute Gasteiger partial charge is 0.0859 e. The molecule has 1 heterocycles. The highest BCUT2D eigenvalue weighted by atomic mass is 16.3. The van der Waals surface area contributed by atoms with Crippen LogP contribution < -0.4 is 10.6 Å². The van der Waals surface area contributed by atoms with Crippen molar-refractivity contribution >= 4 is 0 Å². The van der Waals surface area contributed by atoms with Gasteiger partial charge < -0.3 is 15.7 Å². The summed E-state index contributed by atoms with van der Waals surface area (Å²) >= 11 is 0. The van der Waals surface area contributed by atoms with Gasteiger partial charge in [-0.25, -0.2) is 0 Å². The Balaban J connectivity index is 2.06. The lowest BCUT2D eigenvalue weighted by Gasteiger charge is -2.19. The summed E-state index contributed by atoms with van der Waals surface area (Å²) in [6.07, 6.45) is -0.353. The molecule has 0 amide bonds. The number of hydrogen-bond donors (Lipinski definition) is 3. The summed E-state index contributed by atoms with van der Waals surface area (Å²) in [4.78, 5) is 0. The molecule has 0 saturated heterocycles. The zero-order valence-corrected chi connectivity index (χ0v) is 9.03. The molecular weight excluding hydrogens is 188 g/mol. The van der Waals surface area contributed by atoms with Crippen LogP contribution in [0.15, 0.2) is 24.3 Å². The van der Waals surface area contributed by atoms with Gasteiger partial charge in [-0.1, -0.05) is 31.2 Å². The van der Waals surface area contributed by atoms with Gasteiger partial charge in [0.05, 0.1) is 12.1 Å². The van der Waals surface area contributed by atoms with Gasteiger partial charge in [-0.05, 0) is 17.7 Å². The second-order valence-corrected chi connectivity index (χ2v) is 3.93. The second-order valence-electron chi connectivity index (χ2n) is 3.93. The number of fused-ring (bicyclic) bond motifs is 1. The molecule has 82 valence electrons. The number of nitrogens with one attached hydrogen (secondary N) is 2. The third-order valence-corrected chi connectivity index (χ3v) is 2.89. The normalized spacial score (nSPS) is 21.3. The molecule has 2 atom stereocenters. The third-order valence-electron chi connectivity index (χ3n) is 2.89. The average molecular weight is 206 g/mol. The zero-order valence-electron chi connectivity index (χ0n) is 9.03. The lowest BCUT2D eigenvalue weighted by molar-refractivity contribution is 0.131. The Morgan fingerprint density at radius 2 is 2.33 bits per heavy atom. The lowest BCUT2D eigenvalue weighted by Crippen LogP contribution is -2.35. The highest BCUT2D eigenvalue weighted by molar-refractivity contribution is 5.34. The Hall–Kier alpha value is -0.900. The number of benzene rings is 1. The molecule has 0 fully saturated rings. The Kier molecular flexibility index (Phi) is 3.36. The predicted molar refractivity (Wildman–Crippen MR) is 60.6 cm³/mol. The summed E-state index contributed by atoms with van der Waals surface area (Å²) in [5, 5.41) is 16.5. The summed E-state index contributed by atoms with van der Waals surface area (Å²) in [6.45, 7) is 4.45. The van der Waals surface area contributed by atoms with Crippen molar-refractivity contribution in [2.24, 2.45) is 0 Å². The van der Waals surface area contributed by atoms with E-state index in [4.69, 9.17) is 0 Å². The van der Waals surface area contributed by atoms with Crippen LogP contribution in [0.5, 0.6) is 0 Å². The predicted octanol–water partition coefficient (Wildman–Crippen LogP) is 0.801. The van der Waals surface area contributed by atoms with Crippen LogP contribution in [0.25, 0.3) is 0 Å². The molecule has 0 bridgehead atoms. The fourth-order valence-corrected chi connectivity index (χ4v) is 2.08. The number of likely N-dealkylation sites (N-methyl/N-ethyl adjacent to an activating group) is 1. The monoisotopic (exact) mass is 206 g/mol. The van der Waals surface area contributed by atoms with Crippen LogP contribution in [0.3, 0.4) is 0 Å². The lowest BCUT2D eigenvalue weighted by atomic mass is 10.0. The molecule has 3 nitrogen and oxygen atoms in total. The molecule has 0 saturated carbocycles. The van der Waals surface area contributed by atoms with Gasteiger partial charge in [-0.15, -0.1) is 0 Å². The molecule has 3 heteroatoms. The van der Waals surface area contributed by atoms with E-state index in [0.717, 1.165) is 13.1 Å². The first-order valence-corrected chi connectivity index (χ1v) is 5.53. The maximum absolute atomic E-state index is 10.0. The van der Waals surface area contributed by atoms with Crippen LogP contribution in [0.4, 0.5) is 0 Å². The highest BCUT2D eigenvalue weighted by Gasteiger charge is 2.27. The number of aliphatic hydroxyl groups excluding tert-OH is 1. The molecule has 0 aliphatic carbocycles. The second kappa shape index (κ2) is 4.75. The Morgan fingerprint density at radius 3 is 3.13 bits per heavy atom.